The first kappa shape index (κ1) is 19.5. The third kappa shape index (κ3) is 4.74. The second-order valence-corrected chi connectivity index (χ2v) is 6.72. The van der Waals surface area contributed by atoms with E-state index in [1.165, 1.54) is 6.07 Å². The van der Waals surface area contributed by atoms with Crippen molar-refractivity contribution in [1.82, 2.24) is 0 Å². The number of rotatable bonds is 7. The van der Waals surface area contributed by atoms with Crippen LogP contribution in [-0.4, -0.2) is 11.8 Å². The second kappa shape index (κ2) is 8.65. The van der Waals surface area contributed by atoms with Gasteiger partial charge in [-0.05, 0) is 25.0 Å². The summed E-state index contributed by atoms with van der Waals surface area (Å²) in [6.07, 6.45) is 0.902. The average molecular weight is 378 g/mol. The highest BCUT2D eigenvalue weighted by atomic mass is 16.5. The van der Waals surface area contributed by atoms with Crippen LogP contribution < -0.4 is 5.63 Å². The molecule has 0 N–H and O–H groups in total. The predicted octanol–water partition coefficient (Wildman–Crippen LogP) is 4.37. The normalized spacial score (nSPS) is 10.8. The lowest BCUT2D eigenvalue weighted by Crippen LogP contribution is -2.10. The third-order valence-electron chi connectivity index (χ3n) is 4.62. The van der Waals surface area contributed by atoms with Crippen LogP contribution in [0.2, 0.25) is 0 Å². The number of hydrogen-bond donors (Lipinski definition) is 0. The molecule has 0 spiro atoms. The number of ketones is 1. The van der Waals surface area contributed by atoms with Crippen molar-refractivity contribution >= 4 is 22.7 Å². The Balaban J connectivity index is 1.62. The van der Waals surface area contributed by atoms with Crippen LogP contribution in [0.25, 0.3) is 11.0 Å². The minimum absolute atomic E-state index is 0.00787. The van der Waals surface area contributed by atoms with Gasteiger partial charge >= 0.3 is 11.6 Å². The van der Waals surface area contributed by atoms with E-state index in [9.17, 15) is 14.4 Å². The number of Topliss-reactive ketones (excluding diaryl/α,β-unsaturated/α-hetero) is 1. The summed E-state index contributed by atoms with van der Waals surface area (Å²) >= 11 is 0. The van der Waals surface area contributed by atoms with Gasteiger partial charge in [0, 0.05) is 29.0 Å². The maximum Gasteiger partial charge on any atom is 0.336 e. The first-order valence-electron chi connectivity index (χ1n) is 9.27. The molecule has 1 aromatic heterocycles. The number of hydrogen-bond acceptors (Lipinski definition) is 5. The first-order valence-corrected chi connectivity index (χ1v) is 9.27. The number of carbonyl (C=O) groups is 2. The van der Waals surface area contributed by atoms with Crippen LogP contribution in [-0.2, 0) is 22.6 Å². The van der Waals surface area contributed by atoms with E-state index < -0.39 is 11.6 Å². The first-order chi connectivity index (χ1) is 13.5. The monoisotopic (exact) mass is 378 g/mol. The zero-order chi connectivity index (χ0) is 20.1. The number of esters is 1. The average Bonchev–Trinajstić information content (AvgIpc) is 2.70. The lowest BCUT2D eigenvalue weighted by Gasteiger charge is -2.08. The van der Waals surface area contributed by atoms with Gasteiger partial charge in [0.1, 0.15) is 12.2 Å². The van der Waals surface area contributed by atoms with Gasteiger partial charge in [0.2, 0.25) is 0 Å². The Bertz CT molecular complexity index is 1060. The quantitative estimate of drug-likeness (QED) is 0.347. The Labute approximate surface area is 162 Å². The fraction of sp³-hybridized carbons (Fsp3) is 0.261. The summed E-state index contributed by atoms with van der Waals surface area (Å²) in [5.41, 5.74) is 3.29. The smallest absolute Gasteiger partial charge is 0.336 e. The van der Waals surface area contributed by atoms with Gasteiger partial charge in [0.05, 0.1) is 6.42 Å². The molecular weight excluding hydrogens is 356 g/mol. The Morgan fingerprint density at radius 3 is 2.46 bits per heavy atom. The molecule has 0 aliphatic rings. The van der Waals surface area contributed by atoms with Gasteiger partial charge in [0.25, 0.3) is 0 Å². The van der Waals surface area contributed by atoms with Crippen molar-refractivity contribution in [3.8, 4) is 0 Å². The SMILES string of the molecule is CCc1ccc2c(COC(=O)CCC(=O)c3ccc(C)cc3)cc(=O)oc2c1. The van der Waals surface area contributed by atoms with Crippen LogP contribution in [0, 0.1) is 6.92 Å². The molecule has 5 nitrogen and oxygen atoms in total. The van der Waals surface area contributed by atoms with Gasteiger partial charge in [-0.3, -0.25) is 9.59 Å². The molecule has 0 bridgehead atoms. The molecular formula is C23H22O5. The van der Waals surface area contributed by atoms with Gasteiger partial charge < -0.3 is 9.15 Å². The molecule has 0 fully saturated rings. The van der Waals surface area contributed by atoms with Crippen molar-refractivity contribution in [2.45, 2.75) is 39.7 Å². The molecule has 0 aliphatic carbocycles. The summed E-state index contributed by atoms with van der Waals surface area (Å²) in [5.74, 6) is -0.582. The standard InChI is InChI=1S/C23H22O5/c1-3-16-6-9-19-18(13-23(26)28-21(19)12-16)14-27-22(25)11-10-20(24)17-7-4-15(2)5-8-17/h4-9,12-13H,3,10-11,14H2,1-2H3. The number of fused-ring (bicyclic) bond motifs is 1. The van der Waals surface area contributed by atoms with E-state index in [4.69, 9.17) is 9.15 Å². The number of benzene rings is 2. The van der Waals surface area contributed by atoms with E-state index in [1.54, 1.807) is 12.1 Å². The lowest BCUT2D eigenvalue weighted by atomic mass is 10.1. The Morgan fingerprint density at radius 2 is 1.75 bits per heavy atom. The molecule has 0 aliphatic heterocycles. The highest BCUT2D eigenvalue weighted by molar-refractivity contribution is 5.97. The van der Waals surface area contributed by atoms with E-state index in [0.29, 0.717) is 16.7 Å². The lowest BCUT2D eigenvalue weighted by molar-refractivity contribution is -0.144. The van der Waals surface area contributed by atoms with E-state index >= 15 is 0 Å². The molecule has 0 saturated heterocycles. The molecule has 144 valence electrons. The summed E-state index contributed by atoms with van der Waals surface area (Å²) in [5, 5.41) is 0.736. The number of aryl methyl sites for hydroxylation is 2. The molecule has 0 atom stereocenters. The van der Waals surface area contributed by atoms with E-state index in [2.05, 4.69) is 0 Å². The highest BCUT2D eigenvalue weighted by Gasteiger charge is 2.12. The zero-order valence-corrected chi connectivity index (χ0v) is 16.0. The number of carbonyl (C=O) groups excluding carboxylic acids is 2. The van der Waals surface area contributed by atoms with Crippen LogP contribution in [0.15, 0.2) is 57.7 Å². The molecule has 3 rings (SSSR count). The molecule has 28 heavy (non-hydrogen) atoms. The maximum atomic E-state index is 12.2. The molecule has 3 aromatic rings. The van der Waals surface area contributed by atoms with Crippen molar-refractivity contribution in [1.29, 1.82) is 0 Å². The van der Waals surface area contributed by atoms with Crippen molar-refractivity contribution in [2.24, 2.45) is 0 Å². The Morgan fingerprint density at radius 1 is 1.00 bits per heavy atom. The largest absolute Gasteiger partial charge is 0.461 e. The summed E-state index contributed by atoms with van der Waals surface area (Å²) in [6.45, 7) is 3.93. The molecule has 5 heteroatoms. The van der Waals surface area contributed by atoms with Gasteiger partial charge in [-0.2, -0.15) is 0 Å². The minimum atomic E-state index is -0.485. The third-order valence-corrected chi connectivity index (χ3v) is 4.62. The van der Waals surface area contributed by atoms with Gasteiger partial charge in [-0.15, -0.1) is 0 Å². The minimum Gasteiger partial charge on any atom is -0.461 e. The van der Waals surface area contributed by atoms with E-state index in [1.807, 2.05) is 44.2 Å². The van der Waals surface area contributed by atoms with Crippen LogP contribution >= 0.6 is 0 Å². The summed E-state index contributed by atoms with van der Waals surface area (Å²) < 4.78 is 10.5. The van der Waals surface area contributed by atoms with Crippen LogP contribution in [0.1, 0.15) is 46.8 Å². The molecule has 0 unspecified atom stereocenters. The maximum absolute atomic E-state index is 12.2. The van der Waals surface area contributed by atoms with E-state index in [-0.39, 0.29) is 25.2 Å². The Hall–Kier alpha value is -3.21. The van der Waals surface area contributed by atoms with E-state index in [0.717, 1.165) is 22.9 Å². The number of ether oxygens (including phenoxy) is 1. The van der Waals surface area contributed by atoms with Gasteiger partial charge in [-0.25, -0.2) is 4.79 Å². The fourth-order valence-electron chi connectivity index (χ4n) is 2.94. The van der Waals surface area contributed by atoms with Crippen LogP contribution in [0.3, 0.4) is 0 Å². The second-order valence-electron chi connectivity index (χ2n) is 6.72. The summed E-state index contributed by atoms with van der Waals surface area (Å²) in [4.78, 5) is 36.0. The van der Waals surface area contributed by atoms with Gasteiger partial charge in [0.15, 0.2) is 5.78 Å². The van der Waals surface area contributed by atoms with Crippen molar-refractivity contribution in [3.05, 3.63) is 81.2 Å². The molecule has 0 radical (unpaired) electrons. The molecule has 0 amide bonds. The highest BCUT2D eigenvalue weighted by Crippen LogP contribution is 2.20. The predicted molar refractivity (Wildman–Crippen MR) is 106 cm³/mol. The van der Waals surface area contributed by atoms with Crippen molar-refractivity contribution in [2.75, 3.05) is 0 Å². The molecule has 0 saturated carbocycles. The zero-order valence-electron chi connectivity index (χ0n) is 16.0. The Kier molecular flexibility index (Phi) is 6.04. The van der Waals surface area contributed by atoms with Crippen molar-refractivity contribution in [3.63, 3.8) is 0 Å². The fourth-order valence-corrected chi connectivity index (χ4v) is 2.94. The molecule has 1 heterocycles. The van der Waals surface area contributed by atoms with Crippen LogP contribution in [0.4, 0.5) is 0 Å². The summed E-state index contributed by atoms with van der Waals surface area (Å²) in [6, 6.07) is 14.2. The topological polar surface area (TPSA) is 73.6 Å². The van der Waals surface area contributed by atoms with Crippen molar-refractivity contribution < 1.29 is 18.7 Å². The van der Waals surface area contributed by atoms with Gasteiger partial charge in [-0.1, -0.05) is 48.9 Å². The van der Waals surface area contributed by atoms with Crippen LogP contribution in [0.5, 0.6) is 0 Å². The summed E-state index contributed by atoms with van der Waals surface area (Å²) in [7, 11) is 0. The molecule has 2 aromatic carbocycles.